The number of halogens is 6. The minimum atomic E-state index is -4.50. The first-order valence-electron chi connectivity index (χ1n) is 44.9. The largest absolute Gasteiger partial charge is 2.00 e. The van der Waals surface area contributed by atoms with Crippen molar-refractivity contribution in [1.82, 2.24) is 60.3 Å². The number of pyridine rings is 8. The number of thiocarbonyl (C=S) groups is 2. The van der Waals surface area contributed by atoms with Gasteiger partial charge < -0.3 is 50.2 Å². The fourth-order valence-corrected chi connectivity index (χ4v) is 21.3. The summed E-state index contributed by atoms with van der Waals surface area (Å²) in [7, 11) is 0. The van der Waals surface area contributed by atoms with Gasteiger partial charge >= 0.3 is 51.3 Å². The van der Waals surface area contributed by atoms with Crippen LogP contribution in [-0.2, 0) is 96.2 Å². The molecule has 0 spiro atoms. The van der Waals surface area contributed by atoms with E-state index in [1.54, 1.807) is 119 Å². The number of unbranched alkanes of at least 4 members (excludes halogenated alkanes) is 12. The normalized spacial score (nSPS) is 10.7. The molecule has 16 heterocycles. The Morgan fingerprint density at radius 3 is 1.02 bits per heavy atom. The van der Waals surface area contributed by atoms with E-state index in [0.717, 1.165) is 92.4 Å². The van der Waals surface area contributed by atoms with E-state index in [1.165, 1.54) is 164 Å². The van der Waals surface area contributed by atoms with Crippen molar-refractivity contribution in [3.8, 4) is 153 Å². The van der Waals surface area contributed by atoms with Crippen LogP contribution >= 0.6 is 92.5 Å². The number of isothiocyanates is 2. The van der Waals surface area contributed by atoms with E-state index in [1.807, 2.05) is 71.2 Å². The van der Waals surface area contributed by atoms with Crippen LogP contribution in [0.5, 0.6) is 23.0 Å². The van der Waals surface area contributed by atoms with Crippen LogP contribution in [0.15, 0.2) is 206 Å². The molecule has 22 nitrogen and oxygen atoms in total. The maximum absolute atomic E-state index is 12.7. The number of carbonyl (C=O) groups excluding carboxylic acids is 4. The average molecular weight is 2240 g/mol. The van der Waals surface area contributed by atoms with Gasteiger partial charge in [0.15, 0.2) is 11.5 Å². The van der Waals surface area contributed by atoms with Gasteiger partial charge in [-0.05, 0) is 254 Å². The first-order valence-corrected chi connectivity index (χ1v) is 50.8. The fraction of sp³-hybridized carbons (Fsp3) is 0.269. The van der Waals surface area contributed by atoms with Gasteiger partial charge in [-0.2, -0.15) is 36.7 Å². The van der Waals surface area contributed by atoms with Gasteiger partial charge in [0.1, 0.15) is 22.8 Å². The first-order chi connectivity index (χ1) is 68.0. The molecule has 0 aliphatic heterocycles. The zero-order valence-electron chi connectivity index (χ0n) is 77.8. The number of hydrogen-bond acceptors (Lipinski definition) is 26. The smallest absolute Gasteiger partial charge is 0.753 e. The van der Waals surface area contributed by atoms with Crippen LogP contribution in [0.1, 0.15) is 174 Å². The Morgan fingerprint density at radius 2 is 0.690 bits per heavy atom. The van der Waals surface area contributed by atoms with Crippen molar-refractivity contribution in [2.45, 2.75) is 182 Å². The van der Waals surface area contributed by atoms with Crippen LogP contribution in [0.4, 0.5) is 26.3 Å². The Morgan fingerprint density at radius 1 is 0.359 bits per heavy atom. The molecule has 16 aromatic rings. The predicted molar refractivity (Wildman–Crippen MR) is 552 cm³/mol. The van der Waals surface area contributed by atoms with E-state index < -0.39 is 23.7 Å². The molecule has 0 aliphatic carbocycles. The van der Waals surface area contributed by atoms with Crippen LogP contribution in [0.3, 0.4) is 0 Å². The summed E-state index contributed by atoms with van der Waals surface area (Å²) in [5, 5.41) is 34.8. The fourth-order valence-electron chi connectivity index (χ4n) is 14.9. The second kappa shape index (κ2) is 58.6. The molecule has 16 rings (SSSR count). The Balaban J connectivity index is 0.000000210. The van der Waals surface area contributed by atoms with Crippen molar-refractivity contribution in [1.29, 1.82) is 0 Å². The van der Waals surface area contributed by atoms with Crippen molar-refractivity contribution in [2.24, 2.45) is 0 Å². The zero-order valence-corrected chi connectivity index (χ0v) is 87.9. The molecular weight excluding hydrogens is 2150 g/mol. The van der Waals surface area contributed by atoms with Crippen molar-refractivity contribution in [3.05, 3.63) is 260 Å². The molecule has 0 N–H and O–H groups in total. The quantitative estimate of drug-likeness (QED) is 0.00860. The van der Waals surface area contributed by atoms with Crippen LogP contribution in [0.25, 0.3) is 140 Å². The predicted octanol–water partition coefficient (Wildman–Crippen LogP) is 29.6. The Labute approximate surface area is 879 Å². The summed E-state index contributed by atoms with van der Waals surface area (Å²) in [6, 6.07) is 48.2. The molecule has 142 heavy (non-hydrogen) atoms. The summed E-state index contributed by atoms with van der Waals surface area (Å²) >= 11 is 17.8. The SMILES string of the molecule is CCCCCCc1cc(C)sc1-c1ccc(-c2ccnc(-c3nc(-c4ccccn4)cc(OC=O)c3OC=O)c2)s1.CCCCCCc1cc(C)sc1-c1ccc(-c2ccnc(-c3nc(-c4ccccn4)cc(OC=O)c3OC=O)c2)s1.CCCCCCc1ccsc1-c1ccnc(-c2cc(C(F)(F)F)n[n-]2)c1.CCCCCCc1ccsc1-c1ccnc(-c2cc(C(F)(F)F)n[n-]2)c1.[N-]=C=S.[N-]=C=S.[Ru+2].[Ru+2]. The average Bonchev–Trinajstić information content (AvgIpc) is 0.886. The maximum atomic E-state index is 12.7. The summed E-state index contributed by atoms with van der Waals surface area (Å²) in [5.41, 5.74) is 11.7. The van der Waals surface area contributed by atoms with Crippen LogP contribution in [0, 0.1) is 13.8 Å². The number of aromatic nitrogens is 12. The molecule has 0 saturated heterocycles. The minimum Gasteiger partial charge on any atom is -0.753 e. The second-order valence-corrected chi connectivity index (χ2v) is 38.2. The number of alkyl halides is 6. The number of nitrogens with zero attached hydrogens (tertiary/aromatic N) is 14. The van der Waals surface area contributed by atoms with E-state index in [-0.39, 0.29) is 111 Å². The number of hydrogen-bond donors (Lipinski definition) is 0. The van der Waals surface area contributed by atoms with Crippen molar-refractivity contribution < 1.29 is 103 Å². The van der Waals surface area contributed by atoms with Crippen molar-refractivity contribution in [3.63, 3.8) is 0 Å². The second-order valence-electron chi connectivity index (χ2n) is 31.3. The third kappa shape index (κ3) is 32.6. The number of carbonyl (C=O) groups is 4. The third-order valence-electron chi connectivity index (χ3n) is 21.4. The Bertz CT molecular complexity index is 6370. The number of rotatable bonds is 40. The van der Waals surface area contributed by atoms with E-state index in [2.05, 4.69) is 176 Å². The summed E-state index contributed by atoms with van der Waals surface area (Å²) in [4.78, 5) is 93.1. The summed E-state index contributed by atoms with van der Waals surface area (Å²) < 4.78 is 97.2. The molecule has 0 bridgehead atoms. The first kappa shape index (κ1) is 114. The van der Waals surface area contributed by atoms with Gasteiger partial charge in [0, 0.05) is 98.1 Å². The minimum absolute atomic E-state index is 0. The summed E-state index contributed by atoms with van der Waals surface area (Å²) in [5.74, 6) is 0.0981. The molecular formula is C104H96F6N14O8Ru2S8. The summed E-state index contributed by atoms with van der Waals surface area (Å²) in [6.45, 7) is 14.3. The van der Waals surface area contributed by atoms with Crippen LogP contribution in [0.2, 0.25) is 0 Å². The monoisotopic (exact) mass is 2240 g/mol. The number of aryl methyl sites for hydroxylation is 6. The summed E-state index contributed by atoms with van der Waals surface area (Å²) in [6.07, 6.45) is 24.6. The molecule has 0 unspecified atom stereocenters. The van der Waals surface area contributed by atoms with E-state index in [4.69, 9.17) is 39.7 Å². The van der Waals surface area contributed by atoms with Crippen LogP contribution in [-0.4, -0.2) is 86.3 Å². The van der Waals surface area contributed by atoms with Crippen LogP contribution < -0.4 is 29.1 Å². The Hall–Kier alpha value is -11.9. The van der Waals surface area contributed by atoms with Gasteiger partial charge in [0.05, 0.1) is 45.6 Å². The van der Waals surface area contributed by atoms with Gasteiger partial charge in [0.25, 0.3) is 25.9 Å². The number of thiophene rings is 6. The molecule has 0 amide bonds. The molecule has 736 valence electrons. The number of ether oxygens (including phenoxy) is 4. The molecule has 38 heteroatoms. The molecule has 0 saturated carbocycles. The van der Waals surface area contributed by atoms with Crippen molar-refractivity contribution >= 4 is 129 Å². The van der Waals surface area contributed by atoms with E-state index in [9.17, 15) is 45.5 Å². The van der Waals surface area contributed by atoms with Gasteiger partial charge in [0.2, 0.25) is 11.5 Å². The third-order valence-corrected chi connectivity index (χ3v) is 28.3. The van der Waals surface area contributed by atoms with E-state index >= 15 is 0 Å². The maximum Gasteiger partial charge on any atom is 2.00 e. The topological polar surface area (TPSA) is 307 Å². The zero-order chi connectivity index (χ0) is 99.8. The molecule has 16 aromatic heterocycles. The van der Waals surface area contributed by atoms with Gasteiger partial charge in [-0.15, -0.1) is 68.0 Å². The van der Waals surface area contributed by atoms with Gasteiger partial charge in [-0.1, -0.05) is 153 Å². The van der Waals surface area contributed by atoms with Gasteiger partial charge in [-0.3, -0.25) is 49.1 Å². The molecule has 0 radical (unpaired) electrons. The molecule has 0 atom stereocenters. The molecule has 0 aromatic carbocycles. The molecule has 0 fully saturated rings. The van der Waals surface area contributed by atoms with Gasteiger partial charge in [-0.25, -0.2) is 9.97 Å². The standard InChI is InChI=1S/2C32H29N3O4S2.2C19H19F3N3S.2CNS.2Ru/c2*1-3-4-5-6-9-23-16-21(2)40-32(23)29-12-11-28(41-29)22-13-15-34-26(17-22)30-31(39-20-37)27(38-19-36)18-25(35-30)24-10-7-8-14-33-24;2*1-2-3-4-5-6-13-8-10-26-18(13)14-7-9-23-15(11-14)16-12-17(25-24-16)19(20,21)22;2*2-1-3;;/h2*7-8,10-20H,3-6,9H2,1-2H3;2*7-12H,2-6H2,1H3;;;;/q;;4*-1;2*+2. The Kier molecular flexibility index (Phi) is 47.0. The van der Waals surface area contributed by atoms with E-state index in [0.29, 0.717) is 45.6 Å². The van der Waals surface area contributed by atoms with Crippen molar-refractivity contribution in [2.75, 3.05) is 0 Å². The molecule has 0 aliphatic rings.